The van der Waals surface area contributed by atoms with Crippen LogP contribution in [0.5, 0.6) is 0 Å². The summed E-state index contributed by atoms with van der Waals surface area (Å²) in [4.78, 5) is 0. The lowest BCUT2D eigenvalue weighted by Gasteiger charge is -2.18. The van der Waals surface area contributed by atoms with Gasteiger partial charge in [-0.25, -0.2) is 8.78 Å². The topological polar surface area (TPSA) is 12.0 Å². The molecule has 0 unspecified atom stereocenters. The molecule has 4 heteroatoms. The first kappa shape index (κ1) is 16.9. The summed E-state index contributed by atoms with van der Waals surface area (Å²) in [5.74, 6) is -0.294. The second-order valence-corrected chi connectivity index (χ2v) is 5.67. The maximum atomic E-state index is 13.1. The highest BCUT2D eigenvalue weighted by atomic mass is 35.5. The van der Waals surface area contributed by atoms with E-state index in [1.54, 1.807) is 0 Å². The molecule has 118 valence electrons. The zero-order valence-electron chi connectivity index (χ0n) is 12.3. The van der Waals surface area contributed by atoms with Crippen molar-refractivity contribution in [3.8, 4) is 0 Å². The minimum atomic E-state index is -0.229. The Balaban J connectivity index is 0.00000176. The molecule has 1 nitrogen and oxygen atoms in total. The summed E-state index contributed by atoms with van der Waals surface area (Å²) in [6.07, 6.45) is 3.45. The van der Waals surface area contributed by atoms with Crippen molar-refractivity contribution in [2.75, 3.05) is 6.54 Å². The van der Waals surface area contributed by atoms with Gasteiger partial charge in [0.25, 0.3) is 0 Å². The Hall–Kier alpha value is -1.45. The molecule has 1 fully saturated rings. The molecule has 1 N–H and O–H groups in total. The van der Waals surface area contributed by atoms with Crippen LogP contribution in [0.1, 0.15) is 36.3 Å². The monoisotopic (exact) mass is 323 g/mol. The van der Waals surface area contributed by atoms with Crippen LogP contribution in [0, 0.1) is 11.6 Å². The predicted molar refractivity (Wildman–Crippen MR) is 87.5 cm³/mol. The van der Waals surface area contributed by atoms with Gasteiger partial charge in [0, 0.05) is 12.0 Å². The zero-order valence-corrected chi connectivity index (χ0v) is 13.1. The van der Waals surface area contributed by atoms with Gasteiger partial charge in [0.15, 0.2) is 0 Å². The first-order valence-electron chi connectivity index (χ1n) is 7.47. The van der Waals surface area contributed by atoms with Gasteiger partial charge in [0.1, 0.15) is 11.6 Å². The largest absolute Gasteiger partial charge is 0.314 e. The van der Waals surface area contributed by atoms with Crippen molar-refractivity contribution in [1.29, 1.82) is 0 Å². The minimum absolute atomic E-state index is 0. The molecule has 0 atom stereocenters. The molecular weight excluding hydrogens is 304 g/mol. The van der Waals surface area contributed by atoms with Crippen LogP contribution in [-0.2, 0) is 0 Å². The van der Waals surface area contributed by atoms with E-state index in [1.165, 1.54) is 37.1 Å². The highest BCUT2D eigenvalue weighted by Gasteiger charge is 2.21. The van der Waals surface area contributed by atoms with E-state index in [-0.39, 0.29) is 30.0 Å². The van der Waals surface area contributed by atoms with Gasteiger partial charge < -0.3 is 5.32 Å². The van der Waals surface area contributed by atoms with Crippen molar-refractivity contribution in [1.82, 2.24) is 5.32 Å². The Labute approximate surface area is 136 Å². The third kappa shape index (κ3) is 4.52. The number of benzene rings is 2. The predicted octanol–water partition coefficient (Wildman–Crippen LogP) is 4.66. The fraction of sp³-hybridized carbons (Fsp3) is 0.333. The summed E-state index contributed by atoms with van der Waals surface area (Å²) >= 11 is 0. The van der Waals surface area contributed by atoms with E-state index in [0.29, 0.717) is 6.04 Å². The van der Waals surface area contributed by atoms with Crippen molar-refractivity contribution in [3.63, 3.8) is 0 Å². The molecule has 3 rings (SSSR count). The van der Waals surface area contributed by atoms with Crippen molar-refractivity contribution < 1.29 is 8.78 Å². The van der Waals surface area contributed by atoms with Crippen LogP contribution in [0.25, 0.3) is 0 Å². The molecule has 0 radical (unpaired) electrons. The standard InChI is InChI=1S/C18H19F2N.ClH/c19-15-5-1-13(2-6-15)18(11-12-21-17-9-10-17)14-3-7-16(20)8-4-14;/h1-8,17-18,21H,9-12H2;1H. The Kier molecular flexibility index (Phi) is 5.92. The van der Waals surface area contributed by atoms with E-state index in [0.717, 1.165) is 24.1 Å². The lowest BCUT2D eigenvalue weighted by atomic mass is 9.88. The molecule has 0 aromatic heterocycles. The molecule has 2 aromatic rings. The van der Waals surface area contributed by atoms with Gasteiger partial charge in [-0.3, -0.25) is 0 Å². The number of hydrogen-bond donors (Lipinski definition) is 1. The molecule has 0 amide bonds. The number of rotatable bonds is 6. The fourth-order valence-electron chi connectivity index (χ4n) is 2.64. The van der Waals surface area contributed by atoms with Gasteiger partial charge in [-0.1, -0.05) is 24.3 Å². The molecule has 1 saturated carbocycles. The molecule has 0 spiro atoms. The first-order valence-corrected chi connectivity index (χ1v) is 7.47. The third-order valence-electron chi connectivity index (χ3n) is 3.99. The van der Waals surface area contributed by atoms with Gasteiger partial charge in [-0.15, -0.1) is 12.4 Å². The molecule has 0 heterocycles. The Morgan fingerprint density at radius 3 is 1.73 bits per heavy atom. The molecule has 0 saturated heterocycles. The molecule has 0 bridgehead atoms. The smallest absolute Gasteiger partial charge is 0.123 e. The van der Waals surface area contributed by atoms with E-state index < -0.39 is 0 Å². The van der Waals surface area contributed by atoms with Crippen LogP contribution in [0.3, 0.4) is 0 Å². The van der Waals surface area contributed by atoms with Crippen LogP contribution in [0.15, 0.2) is 48.5 Å². The highest BCUT2D eigenvalue weighted by Crippen LogP contribution is 2.29. The van der Waals surface area contributed by atoms with Gasteiger partial charge in [0.05, 0.1) is 0 Å². The lowest BCUT2D eigenvalue weighted by molar-refractivity contribution is 0.600. The third-order valence-corrected chi connectivity index (χ3v) is 3.99. The quantitative estimate of drug-likeness (QED) is 0.815. The number of hydrogen-bond acceptors (Lipinski definition) is 1. The average molecular weight is 324 g/mol. The number of nitrogens with one attached hydrogen (secondary N) is 1. The molecule has 22 heavy (non-hydrogen) atoms. The van der Waals surface area contributed by atoms with Crippen LogP contribution in [-0.4, -0.2) is 12.6 Å². The molecular formula is C18H20ClF2N. The summed E-state index contributed by atoms with van der Waals surface area (Å²) in [6, 6.07) is 13.9. The summed E-state index contributed by atoms with van der Waals surface area (Å²) < 4.78 is 26.2. The van der Waals surface area contributed by atoms with Crippen LogP contribution < -0.4 is 5.32 Å². The van der Waals surface area contributed by atoms with Gasteiger partial charge >= 0.3 is 0 Å². The lowest BCUT2D eigenvalue weighted by Crippen LogP contribution is -2.20. The Bertz CT molecular complexity index is 534. The second-order valence-electron chi connectivity index (χ2n) is 5.67. The van der Waals surface area contributed by atoms with Gasteiger partial charge in [-0.05, 0) is 61.2 Å². The molecule has 1 aliphatic carbocycles. The van der Waals surface area contributed by atoms with E-state index in [4.69, 9.17) is 0 Å². The van der Waals surface area contributed by atoms with Gasteiger partial charge in [0.2, 0.25) is 0 Å². The van der Waals surface area contributed by atoms with E-state index in [9.17, 15) is 8.78 Å². The zero-order chi connectivity index (χ0) is 14.7. The van der Waals surface area contributed by atoms with Crippen LogP contribution >= 0.6 is 12.4 Å². The van der Waals surface area contributed by atoms with Crippen molar-refractivity contribution in [2.24, 2.45) is 0 Å². The SMILES string of the molecule is Cl.Fc1ccc(C(CCNC2CC2)c2ccc(F)cc2)cc1. The van der Waals surface area contributed by atoms with E-state index >= 15 is 0 Å². The normalized spacial score (nSPS) is 14.0. The average Bonchev–Trinajstić information content (AvgIpc) is 3.30. The van der Waals surface area contributed by atoms with Crippen molar-refractivity contribution in [3.05, 3.63) is 71.3 Å². The maximum absolute atomic E-state index is 13.1. The highest BCUT2D eigenvalue weighted by molar-refractivity contribution is 5.85. The van der Waals surface area contributed by atoms with Crippen LogP contribution in [0.4, 0.5) is 8.78 Å². The fourth-order valence-corrected chi connectivity index (χ4v) is 2.64. The van der Waals surface area contributed by atoms with Crippen LogP contribution in [0.2, 0.25) is 0 Å². The van der Waals surface area contributed by atoms with E-state index in [2.05, 4.69) is 5.32 Å². The summed E-state index contributed by atoms with van der Waals surface area (Å²) in [6.45, 7) is 0.921. The number of halogens is 3. The first-order chi connectivity index (χ1) is 10.2. The Morgan fingerprint density at radius 1 is 0.864 bits per heavy atom. The molecule has 2 aromatic carbocycles. The second kappa shape index (κ2) is 7.70. The molecule has 1 aliphatic rings. The Morgan fingerprint density at radius 2 is 1.32 bits per heavy atom. The maximum Gasteiger partial charge on any atom is 0.123 e. The van der Waals surface area contributed by atoms with Gasteiger partial charge in [-0.2, -0.15) is 0 Å². The minimum Gasteiger partial charge on any atom is -0.314 e. The molecule has 0 aliphatic heterocycles. The van der Waals surface area contributed by atoms with Crippen molar-refractivity contribution in [2.45, 2.75) is 31.2 Å². The van der Waals surface area contributed by atoms with E-state index in [1.807, 2.05) is 24.3 Å². The van der Waals surface area contributed by atoms with Crippen molar-refractivity contribution >= 4 is 12.4 Å². The summed E-state index contributed by atoms with van der Waals surface area (Å²) in [5.41, 5.74) is 2.14. The summed E-state index contributed by atoms with van der Waals surface area (Å²) in [5, 5.41) is 3.50. The summed E-state index contributed by atoms with van der Waals surface area (Å²) in [7, 11) is 0.